The Bertz CT molecular complexity index is 1310. The summed E-state index contributed by atoms with van der Waals surface area (Å²) in [5, 5.41) is 13.2. The van der Waals surface area contributed by atoms with Crippen LogP contribution in [0.2, 0.25) is 0 Å². The van der Waals surface area contributed by atoms with E-state index in [9.17, 15) is 9.90 Å². The van der Waals surface area contributed by atoms with Gasteiger partial charge in [0.25, 0.3) is 0 Å². The van der Waals surface area contributed by atoms with E-state index in [4.69, 9.17) is 0 Å². The Morgan fingerprint density at radius 3 is 2.58 bits per heavy atom. The molecule has 33 heavy (non-hydrogen) atoms. The summed E-state index contributed by atoms with van der Waals surface area (Å²) >= 11 is 0. The van der Waals surface area contributed by atoms with Crippen molar-refractivity contribution in [3.8, 4) is 11.3 Å². The second-order valence-electron chi connectivity index (χ2n) is 9.03. The molecule has 1 unspecified atom stereocenters. The van der Waals surface area contributed by atoms with Gasteiger partial charge in [-0.25, -0.2) is 14.8 Å². The maximum atomic E-state index is 11.8. The smallest absolute Gasteiger partial charge is 0.374 e. The highest BCUT2D eigenvalue weighted by Gasteiger charge is 2.27. The number of nitrogens with zero attached hydrogens (tertiary/aromatic N) is 3. The van der Waals surface area contributed by atoms with Crippen LogP contribution in [0.25, 0.3) is 22.3 Å². The van der Waals surface area contributed by atoms with Crippen molar-refractivity contribution in [3.63, 3.8) is 0 Å². The molecule has 0 aliphatic heterocycles. The molecule has 0 amide bonds. The van der Waals surface area contributed by atoms with Gasteiger partial charge in [-0.15, -0.1) is 0 Å². The lowest BCUT2D eigenvalue weighted by Gasteiger charge is -2.32. The summed E-state index contributed by atoms with van der Waals surface area (Å²) in [6.07, 6.45) is 3.62. The summed E-state index contributed by atoms with van der Waals surface area (Å²) in [5.74, 6) is -0.133. The molecule has 1 aliphatic rings. The molecule has 1 fully saturated rings. The number of aromatic nitrogens is 3. The van der Waals surface area contributed by atoms with Gasteiger partial charge >= 0.3 is 5.97 Å². The summed E-state index contributed by atoms with van der Waals surface area (Å²) in [5.41, 5.74) is 5.86. The first-order valence-corrected chi connectivity index (χ1v) is 11.5. The van der Waals surface area contributed by atoms with Crippen LogP contribution >= 0.6 is 0 Å². The fraction of sp³-hybridized carbons (Fsp3) is 0.296. The molecular formula is C27H28N4O2. The van der Waals surface area contributed by atoms with Crippen molar-refractivity contribution in [2.75, 3.05) is 5.32 Å². The second kappa shape index (κ2) is 8.70. The molecule has 6 nitrogen and oxygen atoms in total. The Labute approximate surface area is 193 Å². The van der Waals surface area contributed by atoms with Gasteiger partial charge in [-0.1, -0.05) is 60.5 Å². The largest absolute Gasteiger partial charge is 0.475 e. The monoisotopic (exact) mass is 440 g/mol. The molecule has 4 aromatic rings. The van der Waals surface area contributed by atoms with E-state index in [1.165, 1.54) is 24.8 Å². The predicted octanol–water partition coefficient (Wildman–Crippen LogP) is 5.75. The lowest BCUT2D eigenvalue weighted by atomic mass is 9.80. The number of nitrogens with one attached hydrogen (secondary N) is 1. The zero-order chi connectivity index (χ0) is 22.9. The molecule has 0 radical (unpaired) electrons. The Morgan fingerprint density at radius 2 is 1.91 bits per heavy atom. The van der Waals surface area contributed by atoms with E-state index >= 15 is 0 Å². The highest BCUT2D eigenvalue weighted by Crippen LogP contribution is 2.35. The van der Waals surface area contributed by atoms with E-state index in [-0.39, 0.29) is 11.9 Å². The number of anilines is 1. The number of aromatic carboxylic acids is 1. The third-order valence-electron chi connectivity index (χ3n) is 6.66. The van der Waals surface area contributed by atoms with Crippen LogP contribution in [0.3, 0.4) is 0 Å². The number of carbonyl (C=O) groups is 1. The molecule has 0 saturated heterocycles. The number of rotatable bonds is 7. The van der Waals surface area contributed by atoms with Crippen molar-refractivity contribution in [3.05, 3.63) is 77.6 Å². The molecule has 168 valence electrons. The third-order valence-corrected chi connectivity index (χ3v) is 6.66. The predicted molar refractivity (Wildman–Crippen MR) is 131 cm³/mol. The number of fused-ring (bicyclic) bond motifs is 1. The number of carboxylic acids is 1. The normalized spacial score (nSPS) is 14.7. The molecule has 2 N–H and O–H groups in total. The SMILES string of the molecule is Cc1cccc(-c2cc3nc(C(=O)O)nc(NC(C)C4CCC4)c3n2Cc2ccccc2)c1. The zero-order valence-corrected chi connectivity index (χ0v) is 19.0. The number of hydrogen-bond acceptors (Lipinski definition) is 4. The van der Waals surface area contributed by atoms with Gasteiger partial charge in [-0.3, -0.25) is 0 Å². The average Bonchev–Trinajstić information content (AvgIpc) is 3.11. The summed E-state index contributed by atoms with van der Waals surface area (Å²) in [6.45, 7) is 4.86. The van der Waals surface area contributed by atoms with Crippen molar-refractivity contribution in [1.82, 2.24) is 14.5 Å². The number of benzene rings is 2. The van der Waals surface area contributed by atoms with Gasteiger partial charge < -0.3 is 15.0 Å². The number of hydrogen-bond donors (Lipinski definition) is 2. The van der Waals surface area contributed by atoms with Gasteiger partial charge in [0.2, 0.25) is 5.82 Å². The molecule has 5 rings (SSSR count). The highest BCUT2D eigenvalue weighted by atomic mass is 16.4. The fourth-order valence-corrected chi connectivity index (χ4v) is 4.61. The van der Waals surface area contributed by atoms with Crippen LogP contribution in [0.5, 0.6) is 0 Å². The van der Waals surface area contributed by atoms with Crippen LogP contribution in [0.1, 0.15) is 47.9 Å². The van der Waals surface area contributed by atoms with Gasteiger partial charge in [0.05, 0.1) is 11.2 Å². The first-order valence-electron chi connectivity index (χ1n) is 11.5. The van der Waals surface area contributed by atoms with Crippen LogP contribution in [0.4, 0.5) is 5.82 Å². The van der Waals surface area contributed by atoms with E-state index in [1.807, 2.05) is 30.3 Å². The summed E-state index contributed by atoms with van der Waals surface area (Å²) in [6, 6.07) is 20.8. The maximum absolute atomic E-state index is 11.8. The van der Waals surface area contributed by atoms with Crippen molar-refractivity contribution >= 4 is 22.8 Å². The van der Waals surface area contributed by atoms with Crippen molar-refractivity contribution < 1.29 is 9.90 Å². The summed E-state index contributed by atoms with van der Waals surface area (Å²) in [7, 11) is 0. The van der Waals surface area contributed by atoms with Crippen LogP contribution in [0, 0.1) is 12.8 Å². The number of aryl methyl sites for hydroxylation is 1. The second-order valence-corrected chi connectivity index (χ2v) is 9.03. The maximum Gasteiger partial charge on any atom is 0.374 e. The van der Waals surface area contributed by atoms with Gasteiger partial charge in [0.15, 0.2) is 5.82 Å². The third kappa shape index (κ3) is 4.21. The van der Waals surface area contributed by atoms with Crippen LogP contribution in [0.15, 0.2) is 60.7 Å². The molecule has 0 spiro atoms. The van der Waals surface area contributed by atoms with E-state index in [2.05, 4.69) is 64.0 Å². The number of carboxylic acid groups (broad SMARTS) is 1. The molecule has 1 atom stereocenters. The van der Waals surface area contributed by atoms with E-state index in [0.29, 0.717) is 23.8 Å². The van der Waals surface area contributed by atoms with Crippen molar-refractivity contribution in [2.24, 2.45) is 5.92 Å². The van der Waals surface area contributed by atoms with Crippen LogP contribution < -0.4 is 5.32 Å². The first kappa shape index (κ1) is 21.2. The molecule has 2 aromatic heterocycles. The molecule has 2 heterocycles. The van der Waals surface area contributed by atoms with Gasteiger partial charge in [-0.2, -0.15) is 0 Å². The molecule has 1 aliphatic carbocycles. The molecule has 1 saturated carbocycles. The standard InChI is InChI=1S/C27H28N4O2/c1-17-8-6-13-21(14-17)23-15-22-24(31(23)16-19-9-4-3-5-10-19)25(30-26(29-22)27(32)33)28-18(2)20-11-7-12-20/h3-6,8-10,13-15,18,20H,7,11-12,16H2,1-2H3,(H,32,33)(H,28,29,30). The summed E-state index contributed by atoms with van der Waals surface area (Å²) < 4.78 is 2.21. The van der Waals surface area contributed by atoms with Gasteiger partial charge in [-0.05, 0) is 55.9 Å². The van der Waals surface area contributed by atoms with Crippen LogP contribution in [-0.4, -0.2) is 31.7 Å². The Balaban J connectivity index is 1.72. The molecule has 2 aromatic carbocycles. The Hall–Kier alpha value is -3.67. The van der Waals surface area contributed by atoms with Crippen molar-refractivity contribution in [1.29, 1.82) is 0 Å². The minimum absolute atomic E-state index is 0.182. The minimum atomic E-state index is -1.12. The Kier molecular flexibility index (Phi) is 5.58. The van der Waals surface area contributed by atoms with Gasteiger partial charge in [0.1, 0.15) is 5.52 Å². The Morgan fingerprint density at radius 1 is 1.12 bits per heavy atom. The minimum Gasteiger partial charge on any atom is -0.475 e. The fourth-order valence-electron chi connectivity index (χ4n) is 4.61. The molecular weight excluding hydrogens is 412 g/mol. The summed E-state index contributed by atoms with van der Waals surface area (Å²) in [4.78, 5) is 20.7. The zero-order valence-electron chi connectivity index (χ0n) is 19.0. The molecule has 0 bridgehead atoms. The van der Waals surface area contributed by atoms with E-state index in [0.717, 1.165) is 22.3 Å². The van der Waals surface area contributed by atoms with Gasteiger partial charge in [0, 0.05) is 12.6 Å². The topological polar surface area (TPSA) is 80.0 Å². The first-order chi connectivity index (χ1) is 16.0. The lowest BCUT2D eigenvalue weighted by molar-refractivity contribution is 0.0684. The average molecular weight is 441 g/mol. The van der Waals surface area contributed by atoms with E-state index < -0.39 is 5.97 Å². The molecule has 6 heteroatoms. The highest BCUT2D eigenvalue weighted by molar-refractivity contribution is 5.95. The lowest BCUT2D eigenvalue weighted by Crippen LogP contribution is -2.31. The van der Waals surface area contributed by atoms with Crippen molar-refractivity contribution in [2.45, 2.75) is 45.7 Å². The van der Waals surface area contributed by atoms with E-state index in [1.54, 1.807) is 0 Å². The quantitative estimate of drug-likeness (QED) is 0.382. The van der Waals surface area contributed by atoms with Crippen LogP contribution in [-0.2, 0) is 6.54 Å².